The van der Waals surface area contributed by atoms with Crippen LogP contribution >= 0.6 is 0 Å². The zero-order valence-corrected chi connectivity index (χ0v) is 8.60. The molecule has 0 atom stereocenters. The molecule has 0 aliphatic heterocycles. The molecule has 2 N–H and O–H groups in total. The summed E-state index contributed by atoms with van der Waals surface area (Å²) in [6.07, 6.45) is 0. The van der Waals surface area contributed by atoms with E-state index in [4.69, 9.17) is 5.73 Å². The van der Waals surface area contributed by atoms with Crippen LogP contribution in [0.5, 0.6) is 0 Å². The van der Waals surface area contributed by atoms with Crippen molar-refractivity contribution < 1.29 is 9.18 Å². The molecule has 0 heterocycles. The number of hydrogen-bond acceptors (Lipinski definition) is 1. The Morgan fingerprint density at radius 3 is 2.36 bits per heavy atom. The minimum Gasteiger partial charge on any atom is -0.366 e. The van der Waals surface area contributed by atoms with E-state index < -0.39 is 11.6 Å². The lowest BCUT2D eigenvalue weighted by atomic mass is 9.96. The highest BCUT2D eigenvalue weighted by atomic mass is 19.1. The SMILES string of the molecule is Cc1cc(C(N)=O)cc(C(C)(C)F)c1. The third kappa shape index (κ3) is 2.31. The summed E-state index contributed by atoms with van der Waals surface area (Å²) >= 11 is 0. The highest BCUT2D eigenvalue weighted by Crippen LogP contribution is 2.26. The minimum atomic E-state index is -1.45. The smallest absolute Gasteiger partial charge is 0.248 e. The summed E-state index contributed by atoms with van der Waals surface area (Å²) < 4.78 is 13.6. The third-order valence-electron chi connectivity index (χ3n) is 2.05. The van der Waals surface area contributed by atoms with Crippen LogP contribution in [0.4, 0.5) is 4.39 Å². The van der Waals surface area contributed by atoms with Gasteiger partial charge in [0.1, 0.15) is 5.67 Å². The van der Waals surface area contributed by atoms with Gasteiger partial charge >= 0.3 is 0 Å². The normalized spacial score (nSPS) is 11.4. The highest BCUT2D eigenvalue weighted by Gasteiger charge is 2.20. The fraction of sp³-hybridized carbons (Fsp3) is 0.364. The van der Waals surface area contributed by atoms with Crippen LogP contribution in [0.15, 0.2) is 18.2 Å². The number of nitrogens with two attached hydrogens (primary N) is 1. The van der Waals surface area contributed by atoms with Crippen molar-refractivity contribution in [2.75, 3.05) is 0 Å². The Morgan fingerprint density at radius 2 is 1.93 bits per heavy atom. The number of alkyl halides is 1. The van der Waals surface area contributed by atoms with Crippen LogP contribution < -0.4 is 5.73 Å². The molecule has 0 aliphatic carbocycles. The minimum absolute atomic E-state index is 0.353. The van der Waals surface area contributed by atoms with Crippen molar-refractivity contribution in [3.05, 3.63) is 34.9 Å². The standard InChI is InChI=1S/C11H14FNO/c1-7-4-8(10(13)14)6-9(5-7)11(2,3)12/h4-6H,1-3H3,(H2,13,14). The van der Waals surface area contributed by atoms with E-state index in [-0.39, 0.29) is 0 Å². The number of hydrogen-bond donors (Lipinski definition) is 1. The number of benzene rings is 1. The van der Waals surface area contributed by atoms with Gasteiger partial charge in [-0.3, -0.25) is 4.79 Å². The molecule has 1 aromatic rings. The fourth-order valence-corrected chi connectivity index (χ4v) is 1.27. The van der Waals surface area contributed by atoms with E-state index in [9.17, 15) is 9.18 Å². The molecule has 0 saturated heterocycles. The van der Waals surface area contributed by atoms with Gasteiger partial charge in [-0.2, -0.15) is 0 Å². The lowest BCUT2D eigenvalue weighted by molar-refractivity contribution is 0.1000. The first kappa shape index (κ1) is 10.7. The number of rotatable bonds is 2. The third-order valence-corrected chi connectivity index (χ3v) is 2.05. The largest absolute Gasteiger partial charge is 0.366 e. The molecule has 0 fully saturated rings. The van der Waals surface area contributed by atoms with Crippen molar-refractivity contribution >= 4 is 5.91 Å². The number of primary amides is 1. The van der Waals surface area contributed by atoms with Crippen molar-refractivity contribution in [1.29, 1.82) is 0 Å². The molecule has 14 heavy (non-hydrogen) atoms. The van der Waals surface area contributed by atoms with E-state index in [2.05, 4.69) is 0 Å². The lowest BCUT2D eigenvalue weighted by Gasteiger charge is -2.16. The monoisotopic (exact) mass is 195 g/mol. The molecule has 1 aromatic carbocycles. The van der Waals surface area contributed by atoms with E-state index in [1.54, 1.807) is 12.1 Å². The van der Waals surface area contributed by atoms with Crippen LogP contribution in [0, 0.1) is 6.92 Å². The maximum absolute atomic E-state index is 13.6. The van der Waals surface area contributed by atoms with Gasteiger partial charge in [-0.15, -0.1) is 0 Å². The Bertz CT molecular complexity index is 366. The summed E-state index contributed by atoms with van der Waals surface area (Å²) in [7, 11) is 0. The van der Waals surface area contributed by atoms with Crippen LogP contribution in [0.25, 0.3) is 0 Å². The van der Waals surface area contributed by atoms with Gasteiger partial charge in [-0.25, -0.2) is 4.39 Å². The predicted molar refractivity (Wildman–Crippen MR) is 53.8 cm³/mol. The van der Waals surface area contributed by atoms with Gasteiger partial charge in [0.15, 0.2) is 0 Å². The zero-order valence-electron chi connectivity index (χ0n) is 8.60. The van der Waals surface area contributed by atoms with Crippen LogP contribution in [0.2, 0.25) is 0 Å². The molecule has 0 spiro atoms. The van der Waals surface area contributed by atoms with Crippen LogP contribution in [-0.4, -0.2) is 5.91 Å². The van der Waals surface area contributed by atoms with E-state index in [0.717, 1.165) is 5.56 Å². The number of carbonyl (C=O) groups is 1. The summed E-state index contributed by atoms with van der Waals surface area (Å²) in [5.41, 5.74) is 5.35. The average Bonchev–Trinajstić information content (AvgIpc) is 2.01. The molecule has 0 bridgehead atoms. The second-order valence-electron chi connectivity index (χ2n) is 3.92. The van der Waals surface area contributed by atoms with Crippen molar-refractivity contribution in [1.82, 2.24) is 0 Å². The van der Waals surface area contributed by atoms with Crippen molar-refractivity contribution in [2.24, 2.45) is 5.73 Å². The van der Waals surface area contributed by atoms with Gasteiger partial charge in [0.2, 0.25) is 5.91 Å². The molecule has 76 valence electrons. The van der Waals surface area contributed by atoms with Gasteiger partial charge in [0.25, 0.3) is 0 Å². The first-order valence-electron chi connectivity index (χ1n) is 4.41. The van der Waals surface area contributed by atoms with Crippen molar-refractivity contribution in [3.8, 4) is 0 Å². The average molecular weight is 195 g/mol. The Balaban J connectivity index is 3.28. The molecular weight excluding hydrogens is 181 g/mol. The summed E-state index contributed by atoms with van der Waals surface area (Å²) in [6, 6.07) is 4.86. The summed E-state index contributed by atoms with van der Waals surface area (Å²) in [5.74, 6) is -0.529. The Kier molecular flexibility index (Phi) is 2.60. The Labute approximate surface area is 82.9 Å². The van der Waals surface area contributed by atoms with Crippen LogP contribution in [0.3, 0.4) is 0 Å². The van der Waals surface area contributed by atoms with Gasteiger partial charge in [0.05, 0.1) is 0 Å². The predicted octanol–water partition coefficient (Wildman–Crippen LogP) is 2.30. The van der Waals surface area contributed by atoms with Gasteiger partial charge in [0, 0.05) is 5.56 Å². The number of carbonyl (C=O) groups excluding carboxylic acids is 1. The highest BCUT2D eigenvalue weighted by molar-refractivity contribution is 5.93. The van der Waals surface area contributed by atoms with Crippen LogP contribution in [-0.2, 0) is 5.67 Å². The van der Waals surface area contributed by atoms with Crippen LogP contribution in [0.1, 0.15) is 35.3 Å². The molecular formula is C11H14FNO. The first-order chi connectivity index (χ1) is 6.30. The van der Waals surface area contributed by atoms with Gasteiger partial charge in [-0.05, 0) is 44.0 Å². The lowest BCUT2D eigenvalue weighted by Crippen LogP contribution is -2.15. The van der Waals surface area contributed by atoms with Gasteiger partial charge in [-0.1, -0.05) is 6.07 Å². The summed E-state index contributed by atoms with van der Waals surface area (Å²) in [6.45, 7) is 4.71. The molecule has 0 radical (unpaired) electrons. The Hall–Kier alpha value is -1.38. The fourth-order valence-electron chi connectivity index (χ4n) is 1.27. The van der Waals surface area contributed by atoms with Gasteiger partial charge < -0.3 is 5.73 Å². The summed E-state index contributed by atoms with van der Waals surface area (Å²) in [4.78, 5) is 10.9. The molecule has 0 aromatic heterocycles. The maximum Gasteiger partial charge on any atom is 0.248 e. The maximum atomic E-state index is 13.6. The molecule has 3 heteroatoms. The second kappa shape index (κ2) is 3.40. The number of halogens is 1. The van der Waals surface area contributed by atoms with E-state index >= 15 is 0 Å². The number of amides is 1. The second-order valence-corrected chi connectivity index (χ2v) is 3.92. The van der Waals surface area contributed by atoms with Crippen molar-refractivity contribution in [2.45, 2.75) is 26.4 Å². The molecule has 2 nitrogen and oxygen atoms in total. The topological polar surface area (TPSA) is 43.1 Å². The zero-order chi connectivity index (χ0) is 10.9. The Morgan fingerprint density at radius 1 is 1.36 bits per heavy atom. The molecule has 1 amide bonds. The quantitative estimate of drug-likeness (QED) is 0.773. The van der Waals surface area contributed by atoms with E-state index in [1.165, 1.54) is 19.9 Å². The molecule has 1 rings (SSSR count). The molecule has 0 unspecified atom stereocenters. The van der Waals surface area contributed by atoms with E-state index in [1.807, 2.05) is 6.92 Å². The summed E-state index contributed by atoms with van der Waals surface area (Å²) in [5, 5.41) is 0. The molecule has 0 saturated carbocycles. The first-order valence-corrected chi connectivity index (χ1v) is 4.41. The van der Waals surface area contributed by atoms with Crippen molar-refractivity contribution in [3.63, 3.8) is 0 Å². The molecule has 0 aliphatic rings. The van der Waals surface area contributed by atoms with E-state index in [0.29, 0.717) is 11.1 Å². The number of aryl methyl sites for hydroxylation is 1.